The molecule has 0 bridgehead atoms. The maximum atomic E-state index is 10.4. The third-order valence-electron chi connectivity index (χ3n) is 2.81. The van der Waals surface area contributed by atoms with Crippen LogP contribution in [0.25, 0.3) is 0 Å². The molecule has 0 atom stereocenters. The van der Waals surface area contributed by atoms with Gasteiger partial charge in [0.15, 0.2) is 0 Å². The average molecular weight is 281 g/mol. The highest BCUT2D eigenvalue weighted by molar-refractivity contribution is 5.85. The molecule has 2 rings (SSSR count). The highest BCUT2D eigenvalue weighted by Gasteiger charge is 2.00. The normalized spacial score (nSPS) is 9.89. The molecule has 1 aromatic carbocycles. The molecule has 0 saturated carbocycles. The number of carboxylic acid groups (broad SMARTS) is 1. The van der Waals surface area contributed by atoms with Crippen molar-refractivity contribution in [3.8, 4) is 0 Å². The number of benzene rings is 1. The molecule has 0 amide bonds. The third kappa shape index (κ3) is 5.14. The molecule has 102 valence electrons. The van der Waals surface area contributed by atoms with Gasteiger partial charge in [0, 0.05) is 25.2 Å². The van der Waals surface area contributed by atoms with Crippen LogP contribution < -0.4 is 0 Å². The molecule has 1 aromatic heterocycles. The number of carbonyl (C=O) groups is 1. The summed E-state index contributed by atoms with van der Waals surface area (Å²) in [4.78, 5) is 17.7. The summed E-state index contributed by atoms with van der Waals surface area (Å²) in [6.07, 6.45) is 6.09. The van der Waals surface area contributed by atoms with Gasteiger partial charge < -0.3 is 10.1 Å². The van der Waals surface area contributed by atoms with Gasteiger partial charge in [-0.2, -0.15) is 0 Å². The van der Waals surface area contributed by atoms with Gasteiger partial charge >= 0.3 is 5.97 Å². The summed E-state index contributed by atoms with van der Waals surface area (Å²) in [6.45, 7) is 0. The van der Waals surface area contributed by atoms with Crippen molar-refractivity contribution in [1.82, 2.24) is 9.97 Å². The molecule has 0 aliphatic carbocycles. The zero-order chi connectivity index (χ0) is 12.8. The largest absolute Gasteiger partial charge is 0.481 e. The fourth-order valence-electron chi connectivity index (χ4n) is 1.86. The number of H-pyrrole nitrogens is 1. The summed E-state index contributed by atoms with van der Waals surface area (Å²) >= 11 is 0. The molecule has 4 nitrogen and oxygen atoms in total. The standard InChI is InChI=1S/C14H16N2O2.ClH/c17-14(18)3-1-2-11-4-6-12(7-5-11)10-13-15-8-9-16-13;/h4-9H,1-3,10H2,(H,15,16)(H,17,18);1H. The molecule has 0 spiro atoms. The quantitative estimate of drug-likeness (QED) is 0.855. The monoisotopic (exact) mass is 280 g/mol. The first kappa shape index (κ1) is 15.2. The van der Waals surface area contributed by atoms with Crippen LogP contribution in [0, 0.1) is 0 Å². The van der Waals surface area contributed by atoms with E-state index in [1.165, 1.54) is 11.1 Å². The Morgan fingerprint density at radius 1 is 1.21 bits per heavy atom. The molecular weight excluding hydrogens is 264 g/mol. The second-order valence-electron chi connectivity index (χ2n) is 4.28. The van der Waals surface area contributed by atoms with Crippen LogP contribution in [0.1, 0.15) is 29.8 Å². The molecular formula is C14H17ClN2O2. The van der Waals surface area contributed by atoms with Gasteiger partial charge in [-0.25, -0.2) is 4.98 Å². The summed E-state index contributed by atoms with van der Waals surface area (Å²) < 4.78 is 0. The van der Waals surface area contributed by atoms with E-state index in [1.807, 2.05) is 6.20 Å². The maximum Gasteiger partial charge on any atom is 0.303 e. The molecule has 2 aromatic rings. The van der Waals surface area contributed by atoms with E-state index in [0.29, 0.717) is 6.42 Å². The van der Waals surface area contributed by atoms with E-state index < -0.39 is 5.97 Å². The number of carboxylic acids is 1. The second kappa shape index (κ2) is 7.59. The summed E-state index contributed by atoms with van der Waals surface area (Å²) in [5.41, 5.74) is 2.38. The Labute approximate surface area is 118 Å². The number of aromatic nitrogens is 2. The fraction of sp³-hybridized carbons (Fsp3) is 0.286. The van der Waals surface area contributed by atoms with Crippen molar-refractivity contribution in [3.63, 3.8) is 0 Å². The Hall–Kier alpha value is -1.81. The lowest BCUT2D eigenvalue weighted by atomic mass is 10.0. The minimum Gasteiger partial charge on any atom is -0.481 e. The summed E-state index contributed by atoms with van der Waals surface area (Å²) in [5, 5.41) is 8.57. The van der Waals surface area contributed by atoms with Crippen LogP contribution in [0.3, 0.4) is 0 Å². The zero-order valence-corrected chi connectivity index (χ0v) is 11.3. The SMILES string of the molecule is Cl.O=C(O)CCCc1ccc(Cc2ncc[nH]2)cc1. The lowest BCUT2D eigenvalue weighted by Gasteiger charge is -2.02. The van der Waals surface area contributed by atoms with Crippen LogP contribution in [0.4, 0.5) is 0 Å². The topological polar surface area (TPSA) is 66.0 Å². The van der Waals surface area contributed by atoms with Crippen LogP contribution in [0.5, 0.6) is 0 Å². The number of nitrogens with zero attached hydrogens (tertiary/aromatic N) is 1. The molecule has 0 radical (unpaired) electrons. The van der Waals surface area contributed by atoms with Gasteiger partial charge in [-0.1, -0.05) is 24.3 Å². The summed E-state index contributed by atoms with van der Waals surface area (Å²) in [6, 6.07) is 8.25. The lowest BCUT2D eigenvalue weighted by Crippen LogP contribution is -1.96. The molecule has 0 saturated heterocycles. The number of aliphatic carboxylic acids is 1. The van der Waals surface area contributed by atoms with Crippen molar-refractivity contribution >= 4 is 18.4 Å². The molecule has 0 fully saturated rings. The molecule has 0 aliphatic rings. The van der Waals surface area contributed by atoms with E-state index in [1.54, 1.807) is 6.20 Å². The van der Waals surface area contributed by atoms with Gasteiger partial charge in [0.05, 0.1) is 0 Å². The van der Waals surface area contributed by atoms with Crippen molar-refractivity contribution in [1.29, 1.82) is 0 Å². The number of imidazole rings is 1. The van der Waals surface area contributed by atoms with Gasteiger partial charge in [0.1, 0.15) is 5.82 Å². The highest BCUT2D eigenvalue weighted by Crippen LogP contribution is 2.10. The molecule has 5 heteroatoms. The lowest BCUT2D eigenvalue weighted by molar-refractivity contribution is -0.137. The first-order valence-electron chi connectivity index (χ1n) is 6.02. The Bertz CT molecular complexity index is 495. The Balaban J connectivity index is 0.00000180. The number of aromatic amines is 1. The molecule has 19 heavy (non-hydrogen) atoms. The molecule has 2 N–H and O–H groups in total. The second-order valence-corrected chi connectivity index (χ2v) is 4.28. The Morgan fingerprint density at radius 3 is 2.47 bits per heavy atom. The van der Waals surface area contributed by atoms with Crippen LogP contribution >= 0.6 is 12.4 Å². The van der Waals surface area contributed by atoms with Crippen molar-refractivity contribution in [2.45, 2.75) is 25.7 Å². The number of halogens is 1. The minimum absolute atomic E-state index is 0. The predicted octanol–water partition coefficient (Wildman–Crippen LogP) is 2.83. The molecule has 1 heterocycles. The van der Waals surface area contributed by atoms with Gasteiger partial charge in [0.2, 0.25) is 0 Å². The number of nitrogens with one attached hydrogen (secondary N) is 1. The Morgan fingerprint density at radius 2 is 1.89 bits per heavy atom. The van der Waals surface area contributed by atoms with Gasteiger partial charge in [-0.05, 0) is 24.0 Å². The number of rotatable bonds is 6. The van der Waals surface area contributed by atoms with Crippen LogP contribution in [0.15, 0.2) is 36.7 Å². The summed E-state index contributed by atoms with van der Waals surface area (Å²) in [5.74, 6) is 0.220. The Kier molecular flexibility index (Phi) is 6.09. The van der Waals surface area contributed by atoms with Crippen molar-refractivity contribution in [3.05, 3.63) is 53.6 Å². The first-order chi connectivity index (χ1) is 8.74. The highest BCUT2D eigenvalue weighted by atomic mass is 35.5. The van der Waals surface area contributed by atoms with E-state index >= 15 is 0 Å². The van der Waals surface area contributed by atoms with E-state index in [-0.39, 0.29) is 18.8 Å². The van der Waals surface area contributed by atoms with Gasteiger partial charge in [0.25, 0.3) is 0 Å². The van der Waals surface area contributed by atoms with E-state index in [2.05, 4.69) is 34.2 Å². The smallest absolute Gasteiger partial charge is 0.303 e. The van der Waals surface area contributed by atoms with Crippen molar-refractivity contribution in [2.75, 3.05) is 0 Å². The maximum absolute atomic E-state index is 10.4. The first-order valence-corrected chi connectivity index (χ1v) is 6.02. The molecule has 0 aliphatic heterocycles. The number of hydrogen-bond donors (Lipinski definition) is 2. The fourth-order valence-corrected chi connectivity index (χ4v) is 1.86. The van der Waals surface area contributed by atoms with E-state index in [9.17, 15) is 4.79 Å². The van der Waals surface area contributed by atoms with Gasteiger partial charge in [-0.3, -0.25) is 4.79 Å². The third-order valence-corrected chi connectivity index (χ3v) is 2.81. The van der Waals surface area contributed by atoms with E-state index in [0.717, 1.165) is 18.7 Å². The van der Waals surface area contributed by atoms with E-state index in [4.69, 9.17) is 5.11 Å². The summed E-state index contributed by atoms with van der Waals surface area (Å²) in [7, 11) is 0. The van der Waals surface area contributed by atoms with Crippen molar-refractivity contribution < 1.29 is 9.90 Å². The zero-order valence-electron chi connectivity index (χ0n) is 10.5. The van der Waals surface area contributed by atoms with Crippen LogP contribution in [-0.4, -0.2) is 21.0 Å². The van der Waals surface area contributed by atoms with Crippen LogP contribution in [-0.2, 0) is 17.6 Å². The predicted molar refractivity (Wildman–Crippen MR) is 75.7 cm³/mol. The molecule has 0 unspecified atom stereocenters. The van der Waals surface area contributed by atoms with Crippen LogP contribution in [0.2, 0.25) is 0 Å². The minimum atomic E-state index is -0.732. The van der Waals surface area contributed by atoms with Crippen molar-refractivity contribution in [2.24, 2.45) is 0 Å². The number of hydrogen-bond acceptors (Lipinski definition) is 2. The average Bonchev–Trinajstić information content (AvgIpc) is 2.84. The number of aryl methyl sites for hydroxylation is 1. The van der Waals surface area contributed by atoms with Gasteiger partial charge in [-0.15, -0.1) is 12.4 Å².